The molecule has 6 aromatic rings. The van der Waals surface area contributed by atoms with Crippen LogP contribution in [0.4, 0.5) is 29.2 Å². The van der Waals surface area contributed by atoms with Crippen molar-refractivity contribution in [2.75, 3.05) is 17.7 Å². The minimum Gasteiger partial charge on any atom is -0.481 e. The number of rotatable bonds is 13. The first kappa shape index (κ1) is 50.3. The molecule has 0 radical (unpaired) electrons. The van der Waals surface area contributed by atoms with Crippen LogP contribution in [0.2, 0.25) is 0 Å². The maximum Gasteiger partial charge on any atom is 0.247 e. The van der Waals surface area contributed by atoms with Gasteiger partial charge in [0, 0.05) is 48.5 Å². The Labute approximate surface area is 392 Å². The number of nitrogens with one attached hydrogen (secondary N) is 3. The summed E-state index contributed by atoms with van der Waals surface area (Å²) in [6.07, 6.45) is 14.4. The zero-order valence-corrected chi connectivity index (χ0v) is 37.3. The normalized spacial score (nSPS) is 18.6. The number of halogens is 4. The van der Waals surface area contributed by atoms with Crippen LogP contribution in [-0.2, 0) is 9.59 Å². The molecule has 0 spiro atoms. The zero-order valence-electron chi connectivity index (χ0n) is 37.3. The van der Waals surface area contributed by atoms with Crippen molar-refractivity contribution in [3.05, 3.63) is 154 Å². The van der Waals surface area contributed by atoms with Crippen molar-refractivity contribution >= 4 is 23.5 Å². The number of pyridine rings is 4. The van der Waals surface area contributed by atoms with Crippen LogP contribution in [0.3, 0.4) is 0 Å². The third-order valence-corrected chi connectivity index (χ3v) is 12.6. The van der Waals surface area contributed by atoms with E-state index < -0.39 is 23.3 Å². The number of nitrogens with zero attached hydrogens (tertiary/aromatic N) is 3. The van der Waals surface area contributed by atoms with Gasteiger partial charge in [-0.1, -0.05) is 46.2 Å². The molecule has 6 atom stereocenters. The van der Waals surface area contributed by atoms with Gasteiger partial charge in [-0.3, -0.25) is 14.4 Å². The standard InChI is InChI=1S/C26H27F2N3O3.C25H25F2N3O3.CH4/c1-16(17-4-3-5-18(12-17)19-6-11-25(33-2)30-14-19)26(32)31-24-10-8-21(15-29-24)34-23-9-7-20(27)13-22(23)28;1-15(16-3-2-4-17(11-16)18-5-10-24(31)29-13-18)25(32)30-23-9-7-20(14-28-23)33-22-8-6-19(26)12-21(22)27;/h6-11,13-18H,3-5,12H2,1-2H3,(H,29,31,32);5-10,12-17H,2-4,11H2,1H3,(H,29,31)(H,28,30,32);1H4/t16?,17?,18-;15-,16+,17-;/m11./s1. The van der Waals surface area contributed by atoms with Gasteiger partial charge < -0.3 is 29.8 Å². The molecule has 2 aromatic carbocycles. The number of benzene rings is 2. The Bertz CT molecular complexity index is 2650. The van der Waals surface area contributed by atoms with Crippen molar-refractivity contribution in [2.24, 2.45) is 23.7 Å². The van der Waals surface area contributed by atoms with E-state index in [9.17, 15) is 31.9 Å². The van der Waals surface area contributed by atoms with Crippen molar-refractivity contribution in [1.29, 1.82) is 0 Å². The van der Waals surface area contributed by atoms with E-state index in [1.54, 1.807) is 43.6 Å². The molecule has 2 amide bonds. The van der Waals surface area contributed by atoms with Gasteiger partial charge in [0.1, 0.15) is 34.8 Å². The molecule has 12 nitrogen and oxygen atoms in total. The summed E-state index contributed by atoms with van der Waals surface area (Å²) in [6.45, 7) is 3.87. The lowest BCUT2D eigenvalue weighted by Crippen LogP contribution is -2.30. The average molecular weight is 937 g/mol. The van der Waals surface area contributed by atoms with E-state index in [1.807, 2.05) is 32.2 Å². The lowest BCUT2D eigenvalue weighted by molar-refractivity contribution is -0.122. The summed E-state index contributed by atoms with van der Waals surface area (Å²) in [5.41, 5.74) is 2.15. The summed E-state index contributed by atoms with van der Waals surface area (Å²) in [4.78, 5) is 52.5. The lowest BCUT2D eigenvalue weighted by Gasteiger charge is -2.32. The molecular formula is C52H56F4N6O6. The molecule has 2 unspecified atom stereocenters. The lowest BCUT2D eigenvalue weighted by atomic mass is 9.73. The van der Waals surface area contributed by atoms with Crippen molar-refractivity contribution < 1.29 is 41.4 Å². The van der Waals surface area contributed by atoms with E-state index in [4.69, 9.17) is 14.2 Å². The van der Waals surface area contributed by atoms with Crippen molar-refractivity contribution in [3.63, 3.8) is 0 Å². The van der Waals surface area contributed by atoms with E-state index in [-0.39, 0.29) is 71.5 Å². The van der Waals surface area contributed by atoms with Crippen molar-refractivity contribution in [1.82, 2.24) is 19.9 Å². The highest BCUT2D eigenvalue weighted by Crippen LogP contribution is 2.41. The first-order valence-corrected chi connectivity index (χ1v) is 22.3. The first-order chi connectivity index (χ1) is 32.3. The molecule has 4 aromatic heterocycles. The van der Waals surface area contributed by atoms with Crippen LogP contribution in [-0.4, -0.2) is 38.9 Å². The van der Waals surface area contributed by atoms with Crippen molar-refractivity contribution in [2.45, 2.75) is 84.5 Å². The third-order valence-electron chi connectivity index (χ3n) is 12.6. The Morgan fingerprint density at radius 1 is 0.632 bits per heavy atom. The number of H-pyrrole nitrogens is 1. The van der Waals surface area contributed by atoms with Crippen LogP contribution in [0.1, 0.15) is 95.6 Å². The fraction of sp³-hybridized carbons (Fsp3) is 0.346. The quantitative estimate of drug-likeness (QED) is 0.0959. The number of anilines is 2. The van der Waals surface area contributed by atoms with Crippen LogP contribution in [0.25, 0.3) is 0 Å². The fourth-order valence-electron chi connectivity index (χ4n) is 8.71. The number of amides is 2. The Hall–Kier alpha value is -7.10. The molecule has 2 saturated carbocycles. The Morgan fingerprint density at radius 3 is 1.54 bits per heavy atom. The van der Waals surface area contributed by atoms with Gasteiger partial charge in [0.25, 0.3) is 0 Å². The second-order valence-corrected chi connectivity index (χ2v) is 17.0. The van der Waals surface area contributed by atoms with Gasteiger partial charge in [0.2, 0.25) is 23.3 Å². The number of aromatic amines is 1. The predicted molar refractivity (Wildman–Crippen MR) is 251 cm³/mol. The highest BCUT2D eigenvalue weighted by Gasteiger charge is 2.32. The molecular weight excluding hydrogens is 881 g/mol. The second-order valence-electron chi connectivity index (χ2n) is 17.0. The van der Waals surface area contributed by atoms with Gasteiger partial charge in [0.05, 0.1) is 19.5 Å². The number of aromatic nitrogens is 4. The van der Waals surface area contributed by atoms with E-state index in [1.165, 1.54) is 30.1 Å². The highest BCUT2D eigenvalue weighted by molar-refractivity contribution is 5.92. The second kappa shape index (κ2) is 23.6. The van der Waals surface area contributed by atoms with Crippen molar-refractivity contribution in [3.8, 4) is 28.9 Å². The Morgan fingerprint density at radius 2 is 1.13 bits per heavy atom. The molecule has 2 fully saturated rings. The first-order valence-electron chi connectivity index (χ1n) is 22.3. The molecule has 0 aliphatic heterocycles. The van der Waals surface area contributed by atoms with Gasteiger partial charge in [0.15, 0.2) is 23.1 Å². The van der Waals surface area contributed by atoms with Gasteiger partial charge in [-0.2, -0.15) is 0 Å². The minimum absolute atomic E-state index is 0. The SMILES string of the molecule is C.COc1ccc([C@@H]2CCCC(C(C)C(=O)Nc3ccc(Oc4ccc(F)cc4F)cn3)C2)cn1.C[C@@H](C(=O)Nc1ccc(Oc2ccc(F)cc2F)cn1)[C@H]1CCC[C@@H](c2ccc(=O)[nH]c2)C1. The molecule has 2 aliphatic carbocycles. The summed E-state index contributed by atoms with van der Waals surface area (Å²) in [6, 6.07) is 19.7. The zero-order chi connectivity index (χ0) is 47.5. The number of hydrogen-bond acceptors (Lipinski definition) is 9. The maximum absolute atomic E-state index is 13.8. The molecule has 2 aliphatic rings. The monoisotopic (exact) mass is 936 g/mol. The third kappa shape index (κ3) is 13.5. The summed E-state index contributed by atoms with van der Waals surface area (Å²) in [7, 11) is 1.60. The van der Waals surface area contributed by atoms with Gasteiger partial charge >= 0.3 is 0 Å². The largest absolute Gasteiger partial charge is 0.481 e. The van der Waals surface area contributed by atoms with Gasteiger partial charge in [-0.05, 0) is 122 Å². The highest BCUT2D eigenvalue weighted by atomic mass is 19.1. The molecule has 4 heterocycles. The number of carbonyl (C=O) groups excluding carboxylic acids is 2. The Balaban J connectivity index is 0.000000221. The van der Waals surface area contributed by atoms with E-state index in [2.05, 4.69) is 36.6 Å². The molecule has 0 saturated heterocycles. The molecule has 0 bridgehead atoms. The number of carbonyl (C=O) groups is 2. The van der Waals surface area contributed by atoms with Gasteiger partial charge in [-0.25, -0.2) is 32.5 Å². The number of hydrogen-bond donors (Lipinski definition) is 3. The topological polar surface area (TPSA) is 157 Å². The number of ether oxygens (including phenoxy) is 3. The Kier molecular flexibility index (Phi) is 17.4. The fourth-order valence-corrected chi connectivity index (χ4v) is 8.71. The van der Waals surface area contributed by atoms with Crippen LogP contribution in [0.15, 0.2) is 115 Å². The van der Waals surface area contributed by atoms with Crippen LogP contribution in [0, 0.1) is 46.9 Å². The maximum atomic E-state index is 13.8. The van der Waals surface area contributed by atoms with Crippen LogP contribution < -0.4 is 30.4 Å². The predicted octanol–water partition coefficient (Wildman–Crippen LogP) is 12.1. The average Bonchev–Trinajstić information content (AvgIpc) is 3.34. The number of methoxy groups -OCH3 is 1. The van der Waals surface area contributed by atoms with Crippen LogP contribution >= 0.6 is 0 Å². The van der Waals surface area contributed by atoms with E-state index >= 15 is 0 Å². The minimum atomic E-state index is -0.811. The molecule has 358 valence electrons. The summed E-state index contributed by atoms with van der Waals surface area (Å²) in [5, 5.41) is 5.69. The molecule has 8 rings (SSSR count). The molecule has 68 heavy (non-hydrogen) atoms. The van der Waals surface area contributed by atoms with E-state index in [0.717, 1.165) is 81.2 Å². The smallest absolute Gasteiger partial charge is 0.247 e. The van der Waals surface area contributed by atoms with Crippen LogP contribution in [0.5, 0.6) is 28.9 Å². The summed E-state index contributed by atoms with van der Waals surface area (Å²) < 4.78 is 69.5. The molecule has 16 heteroatoms. The van der Waals surface area contributed by atoms with E-state index in [0.29, 0.717) is 29.4 Å². The summed E-state index contributed by atoms with van der Waals surface area (Å²) in [5.74, 6) is -0.746. The summed E-state index contributed by atoms with van der Waals surface area (Å²) >= 11 is 0. The van der Waals surface area contributed by atoms with Gasteiger partial charge in [-0.15, -0.1) is 0 Å². The molecule has 3 N–H and O–H groups in total.